The van der Waals surface area contributed by atoms with Crippen LogP contribution in [0.15, 0.2) is 0 Å². The quantitative estimate of drug-likeness (QED) is 0.790. The number of ether oxygens (including phenoxy) is 1. The van der Waals surface area contributed by atoms with Gasteiger partial charge in [-0.2, -0.15) is 0 Å². The summed E-state index contributed by atoms with van der Waals surface area (Å²) in [4.78, 5) is 16.6. The Hall–Kier alpha value is -0.650. The van der Waals surface area contributed by atoms with Crippen molar-refractivity contribution in [3.63, 3.8) is 0 Å². The molecule has 0 aromatic heterocycles. The first-order valence-corrected chi connectivity index (χ1v) is 7.30. The van der Waals surface area contributed by atoms with E-state index in [1.165, 1.54) is 12.8 Å². The molecule has 1 amide bonds. The number of likely N-dealkylation sites (tertiary alicyclic amines) is 1. The van der Waals surface area contributed by atoms with Crippen molar-refractivity contribution in [2.75, 3.05) is 47.4 Å². The molecule has 110 valence electrons. The van der Waals surface area contributed by atoms with E-state index in [-0.39, 0.29) is 18.1 Å². The maximum absolute atomic E-state index is 12.3. The number of hydrogen-bond donors (Lipinski definition) is 1. The lowest BCUT2D eigenvalue weighted by Crippen LogP contribution is -2.44. The monoisotopic (exact) mass is 269 g/mol. The SMILES string of the molecule is COC1CNC(C(=O)N(C)CC2CCN(C)CC2)C1. The topological polar surface area (TPSA) is 44.8 Å². The van der Waals surface area contributed by atoms with Crippen LogP contribution >= 0.6 is 0 Å². The molecule has 2 saturated heterocycles. The molecule has 0 saturated carbocycles. The zero-order chi connectivity index (χ0) is 13.8. The van der Waals surface area contributed by atoms with E-state index in [1.54, 1.807) is 7.11 Å². The van der Waals surface area contributed by atoms with Gasteiger partial charge < -0.3 is 19.9 Å². The second kappa shape index (κ2) is 6.68. The van der Waals surface area contributed by atoms with Crippen LogP contribution < -0.4 is 5.32 Å². The third kappa shape index (κ3) is 3.91. The maximum atomic E-state index is 12.3. The Morgan fingerprint density at radius 1 is 1.42 bits per heavy atom. The van der Waals surface area contributed by atoms with Crippen molar-refractivity contribution in [1.29, 1.82) is 0 Å². The normalized spacial score (nSPS) is 29.6. The van der Waals surface area contributed by atoms with Gasteiger partial charge in [0, 0.05) is 27.2 Å². The molecular weight excluding hydrogens is 242 g/mol. The van der Waals surface area contributed by atoms with Crippen LogP contribution in [0, 0.1) is 5.92 Å². The predicted molar refractivity (Wildman–Crippen MR) is 75.1 cm³/mol. The molecular formula is C14H27N3O2. The van der Waals surface area contributed by atoms with Gasteiger partial charge in [0.25, 0.3) is 0 Å². The fourth-order valence-electron chi connectivity index (χ4n) is 3.06. The number of hydrogen-bond acceptors (Lipinski definition) is 4. The van der Waals surface area contributed by atoms with Crippen LogP contribution in [0.1, 0.15) is 19.3 Å². The van der Waals surface area contributed by atoms with Crippen LogP contribution in [0.2, 0.25) is 0 Å². The Bertz CT molecular complexity index is 303. The van der Waals surface area contributed by atoms with Gasteiger partial charge in [-0.15, -0.1) is 0 Å². The summed E-state index contributed by atoms with van der Waals surface area (Å²) in [6.45, 7) is 3.98. The third-order valence-corrected chi connectivity index (χ3v) is 4.47. The van der Waals surface area contributed by atoms with Crippen LogP contribution in [0.4, 0.5) is 0 Å². The zero-order valence-corrected chi connectivity index (χ0v) is 12.4. The minimum absolute atomic E-state index is 0.0544. The number of piperidine rings is 1. The summed E-state index contributed by atoms with van der Waals surface area (Å²) in [5.41, 5.74) is 0. The molecule has 0 aromatic rings. The number of carbonyl (C=O) groups excluding carboxylic acids is 1. The zero-order valence-electron chi connectivity index (χ0n) is 12.4. The van der Waals surface area contributed by atoms with E-state index in [1.807, 2.05) is 11.9 Å². The van der Waals surface area contributed by atoms with E-state index >= 15 is 0 Å². The molecule has 0 radical (unpaired) electrons. The number of methoxy groups -OCH3 is 1. The molecule has 0 bridgehead atoms. The summed E-state index contributed by atoms with van der Waals surface area (Å²) in [5, 5.41) is 3.26. The molecule has 2 heterocycles. The van der Waals surface area contributed by atoms with Gasteiger partial charge in [0.2, 0.25) is 5.91 Å². The molecule has 2 rings (SSSR count). The molecule has 2 aliphatic rings. The van der Waals surface area contributed by atoms with Crippen molar-refractivity contribution >= 4 is 5.91 Å². The molecule has 2 fully saturated rings. The lowest BCUT2D eigenvalue weighted by molar-refractivity contribution is -0.132. The highest BCUT2D eigenvalue weighted by molar-refractivity contribution is 5.82. The van der Waals surface area contributed by atoms with Gasteiger partial charge in [0.05, 0.1) is 12.1 Å². The summed E-state index contributed by atoms with van der Waals surface area (Å²) in [7, 11) is 5.81. The number of carbonyl (C=O) groups is 1. The van der Waals surface area contributed by atoms with Crippen LogP contribution in [-0.4, -0.2) is 75.2 Å². The average molecular weight is 269 g/mol. The maximum Gasteiger partial charge on any atom is 0.239 e. The minimum atomic E-state index is -0.0544. The van der Waals surface area contributed by atoms with Gasteiger partial charge in [0.1, 0.15) is 0 Å². The fourth-order valence-corrected chi connectivity index (χ4v) is 3.06. The van der Waals surface area contributed by atoms with Crippen LogP contribution in [0.3, 0.4) is 0 Å². The highest BCUT2D eigenvalue weighted by Gasteiger charge is 2.32. The van der Waals surface area contributed by atoms with Crippen molar-refractivity contribution in [2.24, 2.45) is 5.92 Å². The van der Waals surface area contributed by atoms with E-state index in [0.717, 1.165) is 32.6 Å². The molecule has 5 nitrogen and oxygen atoms in total. The number of likely N-dealkylation sites (N-methyl/N-ethyl adjacent to an activating group) is 1. The lowest BCUT2D eigenvalue weighted by atomic mass is 9.96. The number of amides is 1. The molecule has 1 N–H and O–H groups in total. The Morgan fingerprint density at radius 2 is 2.11 bits per heavy atom. The Morgan fingerprint density at radius 3 is 2.68 bits per heavy atom. The Kier molecular flexibility index (Phi) is 5.19. The second-order valence-electron chi connectivity index (χ2n) is 6.02. The number of nitrogens with one attached hydrogen (secondary N) is 1. The van der Waals surface area contributed by atoms with Crippen molar-refractivity contribution in [3.8, 4) is 0 Å². The first-order chi connectivity index (χ1) is 9.10. The van der Waals surface area contributed by atoms with Crippen LogP contribution in [0.5, 0.6) is 0 Å². The third-order valence-electron chi connectivity index (χ3n) is 4.47. The van der Waals surface area contributed by atoms with Crippen molar-refractivity contribution < 1.29 is 9.53 Å². The Balaban J connectivity index is 1.76. The van der Waals surface area contributed by atoms with Crippen LogP contribution in [0.25, 0.3) is 0 Å². The smallest absolute Gasteiger partial charge is 0.239 e. The standard InChI is InChI=1S/C14H27N3O2/c1-16-6-4-11(5-7-16)10-17(2)14(18)13-8-12(19-3)9-15-13/h11-13,15H,4-10H2,1-3H3. The van der Waals surface area contributed by atoms with E-state index in [2.05, 4.69) is 17.3 Å². The van der Waals surface area contributed by atoms with Crippen molar-refractivity contribution in [3.05, 3.63) is 0 Å². The number of nitrogens with zero attached hydrogens (tertiary/aromatic N) is 2. The first kappa shape index (κ1) is 14.8. The molecule has 5 heteroatoms. The van der Waals surface area contributed by atoms with E-state index < -0.39 is 0 Å². The first-order valence-electron chi connectivity index (χ1n) is 7.30. The van der Waals surface area contributed by atoms with Crippen molar-refractivity contribution in [2.45, 2.75) is 31.4 Å². The minimum Gasteiger partial charge on any atom is -0.380 e. The fraction of sp³-hybridized carbons (Fsp3) is 0.929. The average Bonchev–Trinajstić information content (AvgIpc) is 2.89. The Labute approximate surface area is 116 Å². The summed E-state index contributed by atoms with van der Waals surface area (Å²) >= 11 is 0. The number of rotatable bonds is 4. The molecule has 2 unspecified atom stereocenters. The summed E-state index contributed by atoms with van der Waals surface area (Å²) in [6, 6.07) is -0.0544. The second-order valence-corrected chi connectivity index (χ2v) is 6.02. The van der Waals surface area contributed by atoms with Crippen molar-refractivity contribution in [1.82, 2.24) is 15.1 Å². The van der Waals surface area contributed by atoms with Gasteiger partial charge in [0.15, 0.2) is 0 Å². The van der Waals surface area contributed by atoms with Gasteiger partial charge in [-0.3, -0.25) is 4.79 Å². The van der Waals surface area contributed by atoms with E-state index in [4.69, 9.17) is 4.74 Å². The van der Waals surface area contributed by atoms with Gasteiger partial charge in [-0.1, -0.05) is 0 Å². The highest BCUT2D eigenvalue weighted by atomic mass is 16.5. The van der Waals surface area contributed by atoms with Gasteiger partial charge in [-0.05, 0) is 45.3 Å². The molecule has 0 aliphatic carbocycles. The van der Waals surface area contributed by atoms with E-state index in [0.29, 0.717) is 5.92 Å². The molecule has 0 spiro atoms. The van der Waals surface area contributed by atoms with Gasteiger partial charge >= 0.3 is 0 Å². The lowest BCUT2D eigenvalue weighted by Gasteiger charge is -2.32. The van der Waals surface area contributed by atoms with Crippen LogP contribution in [-0.2, 0) is 9.53 Å². The largest absolute Gasteiger partial charge is 0.380 e. The summed E-state index contributed by atoms with van der Waals surface area (Å²) in [5.74, 6) is 0.878. The predicted octanol–water partition coefficient (Wildman–Crippen LogP) is 0.164. The summed E-state index contributed by atoms with van der Waals surface area (Å²) < 4.78 is 5.29. The summed E-state index contributed by atoms with van der Waals surface area (Å²) in [6.07, 6.45) is 3.39. The molecule has 0 aromatic carbocycles. The van der Waals surface area contributed by atoms with Gasteiger partial charge in [-0.25, -0.2) is 0 Å². The highest BCUT2D eigenvalue weighted by Crippen LogP contribution is 2.18. The molecule has 19 heavy (non-hydrogen) atoms. The molecule has 2 aliphatic heterocycles. The molecule has 2 atom stereocenters. The van der Waals surface area contributed by atoms with E-state index in [9.17, 15) is 4.79 Å².